The molecule has 2 rings (SSSR count). The van der Waals surface area contributed by atoms with Gasteiger partial charge in [0.2, 0.25) is 0 Å². The minimum atomic E-state index is 0.205. The van der Waals surface area contributed by atoms with Crippen LogP contribution in [0.25, 0.3) is 0 Å². The van der Waals surface area contributed by atoms with E-state index < -0.39 is 0 Å². The monoisotopic (exact) mass is 233 g/mol. The predicted molar refractivity (Wildman–Crippen MR) is 71.3 cm³/mol. The van der Waals surface area contributed by atoms with Crippen LogP contribution in [0.3, 0.4) is 0 Å². The molecule has 1 unspecified atom stereocenters. The van der Waals surface area contributed by atoms with E-state index in [0.717, 1.165) is 31.6 Å². The van der Waals surface area contributed by atoms with Crippen LogP contribution in [0.2, 0.25) is 0 Å². The molecule has 0 saturated carbocycles. The molecular formula is C15H23NO. The third kappa shape index (κ3) is 3.01. The van der Waals surface area contributed by atoms with E-state index in [1.54, 1.807) is 0 Å². The van der Waals surface area contributed by atoms with Crippen LogP contribution in [0, 0.1) is 5.41 Å². The van der Waals surface area contributed by atoms with Crippen LogP contribution in [0.5, 0.6) is 5.75 Å². The van der Waals surface area contributed by atoms with Gasteiger partial charge in [0.05, 0.1) is 6.61 Å². The summed E-state index contributed by atoms with van der Waals surface area (Å²) in [6.07, 6.45) is 3.18. The average Bonchev–Trinajstić information content (AvgIpc) is 2.60. The second-order valence-corrected chi connectivity index (χ2v) is 6.13. The second-order valence-electron chi connectivity index (χ2n) is 6.13. The molecule has 0 fully saturated rings. The fourth-order valence-corrected chi connectivity index (χ4v) is 2.26. The number of hydrogen-bond donors (Lipinski definition) is 1. The second kappa shape index (κ2) is 4.69. The van der Waals surface area contributed by atoms with E-state index in [9.17, 15) is 0 Å². The molecule has 0 radical (unpaired) electrons. The van der Waals surface area contributed by atoms with Crippen molar-refractivity contribution in [2.75, 3.05) is 6.61 Å². The predicted octanol–water partition coefficient (Wildman–Crippen LogP) is 3.45. The van der Waals surface area contributed by atoms with Gasteiger partial charge in [-0.05, 0) is 41.9 Å². The van der Waals surface area contributed by atoms with Crippen LogP contribution in [0.1, 0.15) is 50.8 Å². The van der Waals surface area contributed by atoms with Gasteiger partial charge in [-0.15, -0.1) is 0 Å². The van der Waals surface area contributed by atoms with Crippen molar-refractivity contribution in [2.45, 2.75) is 46.1 Å². The fourth-order valence-electron chi connectivity index (χ4n) is 2.26. The lowest BCUT2D eigenvalue weighted by atomic mass is 9.93. The first-order valence-corrected chi connectivity index (χ1v) is 6.47. The highest BCUT2D eigenvalue weighted by atomic mass is 16.5. The summed E-state index contributed by atoms with van der Waals surface area (Å²) in [5.41, 5.74) is 8.99. The molecule has 0 heterocycles. The van der Waals surface area contributed by atoms with E-state index in [2.05, 4.69) is 39.0 Å². The first-order valence-electron chi connectivity index (χ1n) is 6.47. The smallest absolute Gasteiger partial charge is 0.122 e. The molecule has 17 heavy (non-hydrogen) atoms. The lowest BCUT2D eigenvalue weighted by molar-refractivity contribution is 0.241. The molecule has 2 nitrogen and oxygen atoms in total. The number of ether oxygens (including phenoxy) is 1. The van der Waals surface area contributed by atoms with Gasteiger partial charge in [0.25, 0.3) is 0 Å². The maximum atomic E-state index is 6.06. The van der Waals surface area contributed by atoms with E-state index in [1.807, 2.05) is 0 Å². The number of fused-ring (bicyclic) bond motifs is 1. The normalized spacial score (nSPS) is 19.2. The van der Waals surface area contributed by atoms with E-state index in [-0.39, 0.29) is 6.04 Å². The maximum absolute atomic E-state index is 6.06. The van der Waals surface area contributed by atoms with Crippen molar-refractivity contribution < 1.29 is 4.74 Å². The Morgan fingerprint density at radius 2 is 2.12 bits per heavy atom. The van der Waals surface area contributed by atoms with Gasteiger partial charge in [-0.3, -0.25) is 0 Å². The molecule has 1 aromatic rings. The molecule has 1 atom stereocenters. The molecule has 0 amide bonds. The first kappa shape index (κ1) is 12.4. The van der Waals surface area contributed by atoms with Gasteiger partial charge in [-0.1, -0.05) is 32.9 Å². The summed E-state index contributed by atoms with van der Waals surface area (Å²) in [6.45, 7) is 7.50. The van der Waals surface area contributed by atoms with Gasteiger partial charge in [-0.2, -0.15) is 0 Å². The van der Waals surface area contributed by atoms with Gasteiger partial charge < -0.3 is 10.5 Å². The zero-order chi connectivity index (χ0) is 12.5. The SMILES string of the molecule is CC(C)(C)CCOc1cccc2c1CCC2N. The van der Waals surface area contributed by atoms with Crippen molar-refractivity contribution in [3.8, 4) is 5.75 Å². The zero-order valence-corrected chi connectivity index (χ0v) is 11.1. The van der Waals surface area contributed by atoms with Gasteiger partial charge in [0.1, 0.15) is 5.75 Å². The average molecular weight is 233 g/mol. The fraction of sp³-hybridized carbons (Fsp3) is 0.600. The standard InChI is InChI=1S/C15H23NO/c1-15(2,3)9-10-17-14-6-4-5-11-12(14)7-8-13(11)16/h4-6,13H,7-10,16H2,1-3H3. The quantitative estimate of drug-likeness (QED) is 0.868. The molecular weight excluding hydrogens is 210 g/mol. The lowest BCUT2D eigenvalue weighted by Crippen LogP contribution is -2.11. The summed E-state index contributed by atoms with van der Waals surface area (Å²) in [5.74, 6) is 1.04. The summed E-state index contributed by atoms with van der Waals surface area (Å²) in [4.78, 5) is 0. The Bertz CT molecular complexity index is 392. The molecule has 0 bridgehead atoms. The van der Waals surface area contributed by atoms with Gasteiger partial charge >= 0.3 is 0 Å². The van der Waals surface area contributed by atoms with Crippen molar-refractivity contribution >= 4 is 0 Å². The highest BCUT2D eigenvalue weighted by molar-refractivity contribution is 5.44. The maximum Gasteiger partial charge on any atom is 0.122 e. The van der Waals surface area contributed by atoms with Crippen molar-refractivity contribution in [3.63, 3.8) is 0 Å². The number of rotatable bonds is 3. The summed E-state index contributed by atoms with van der Waals surface area (Å²) in [5, 5.41) is 0. The van der Waals surface area contributed by atoms with Gasteiger partial charge in [-0.25, -0.2) is 0 Å². The largest absolute Gasteiger partial charge is 0.493 e. The Morgan fingerprint density at radius 3 is 2.82 bits per heavy atom. The van der Waals surface area contributed by atoms with Crippen molar-refractivity contribution in [1.82, 2.24) is 0 Å². The lowest BCUT2D eigenvalue weighted by Gasteiger charge is -2.19. The Hall–Kier alpha value is -1.02. The molecule has 0 aromatic heterocycles. The molecule has 1 aliphatic carbocycles. The van der Waals surface area contributed by atoms with E-state index in [0.29, 0.717) is 5.41 Å². The van der Waals surface area contributed by atoms with Crippen LogP contribution in [-0.4, -0.2) is 6.61 Å². The minimum absolute atomic E-state index is 0.205. The van der Waals surface area contributed by atoms with Crippen LogP contribution < -0.4 is 10.5 Å². The molecule has 2 N–H and O–H groups in total. The number of hydrogen-bond acceptors (Lipinski definition) is 2. The molecule has 1 aromatic carbocycles. The van der Waals surface area contributed by atoms with Crippen LogP contribution in [0.15, 0.2) is 18.2 Å². The Kier molecular flexibility index (Phi) is 3.43. The van der Waals surface area contributed by atoms with E-state index in [1.165, 1.54) is 11.1 Å². The Labute approximate surface area is 104 Å². The number of benzene rings is 1. The van der Waals surface area contributed by atoms with Crippen LogP contribution in [-0.2, 0) is 6.42 Å². The number of nitrogens with two attached hydrogens (primary N) is 1. The summed E-state index contributed by atoms with van der Waals surface area (Å²) in [7, 11) is 0. The molecule has 94 valence electrons. The van der Waals surface area contributed by atoms with Crippen molar-refractivity contribution in [1.29, 1.82) is 0 Å². The first-order chi connectivity index (χ1) is 7.97. The topological polar surface area (TPSA) is 35.2 Å². The Balaban J connectivity index is 2.03. The molecule has 0 aliphatic heterocycles. The third-order valence-electron chi connectivity index (χ3n) is 3.38. The molecule has 1 aliphatic rings. The molecule has 0 saturated heterocycles. The van der Waals surface area contributed by atoms with Gasteiger partial charge in [0, 0.05) is 6.04 Å². The summed E-state index contributed by atoms with van der Waals surface area (Å²) < 4.78 is 5.92. The van der Waals surface area contributed by atoms with Crippen molar-refractivity contribution in [2.24, 2.45) is 11.1 Å². The molecule has 2 heteroatoms. The van der Waals surface area contributed by atoms with E-state index in [4.69, 9.17) is 10.5 Å². The van der Waals surface area contributed by atoms with E-state index >= 15 is 0 Å². The zero-order valence-electron chi connectivity index (χ0n) is 11.1. The molecule has 0 spiro atoms. The third-order valence-corrected chi connectivity index (χ3v) is 3.38. The summed E-state index contributed by atoms with van der Waals surface area (Å²) in [6, 6.07) is 6.45. The highest BCUT2D eigenvalue weighted by Crippen LogP contribution is 2.35. The van der Waals surface area contributed by atoms with Crippen LogP contribution in [0.4, 0.5) is 0 Å². The van der Waals surface area contributed by atoms with Crippen molar-refractivity contribution in [3.05, 3.63) is 29.3 Å². The summed E-state index contributed by atoms with van der Waals surface area (Å²) >= 11 is 0. The van der Waals surface area contributed by atoms with Crippen LogP contribution >= 0.6 is 0 Å². The van der Waals surface area contributed by atoms with Gasteiger partial charge in [0.15, 0.2) is 0 Å². The minimum Gasteiger partial charge on any atom is -0.493 e. The highest BCUT2D eigenvalue weighted by Gasteiger charge is 2.22. The Morgan fingerprint density at radius 1 is 1.35 bits per heavy atom.